The van der Waals surface area contributed by atoms with Gasteiger partial charge in [-0.1, -0.05) is 5.16 Å². The fourth-order valence-corrected chi connectivity index (χ4v) is 2.07. The molecule has 1 unspecified atom stereocenters. The van der Waals surface area contributed by atoms with Crippen LogP contribution in [-0.4, -0.2) is 62.5 Å². The van der Waals surface area contributed by atoms with Crippen molar-refractivity contribution in [3.63, 3.8) is 0 Å². The van der Waals surface area contributed by atoms with Crippen molar-refractivity contribution in [2.24, 2.45) is 10.9 Å². The number of hydrogen-bond acceptors (Lipinski definition) is 6. The summed E-state index contributed by atoms with van der Waals surface area (Å²) in [5.74, 6) is 0.131. The predicted octanol–water partition coefficient (Wildman–Crippen LogP) is -0.518. The third-order valence-electron chi connectivity index (χ3n) is 3.16. The third-order valence-corrected chi connectivity index (χ3v) is 3.16. The highest BCUT2D eigenvalue weighted by Gasteiger charge is 2.23. The maximum Gasteiger partial charge on any atom is 0.219 e. The molecule has 0 bridgehead atoms. The second-order valence-electron chi connectivity index (χ2n) is 4.86. The van der Waals surface area contributed by atoms with Crippen molar-refractivity contribution in [2.75, 3.05) is 19.7 Å². The van der Waals surface area contributed by atoms with Crippen molar-refractivity contribution in [3.8, 4) is 0 Å². The van der Waals surface area contributed by atoms with Gasteiger partial charge in [-0.25, -0.2) is 9.67 Å². The highest BCUT2D eigenvalue weighted by Crippen LogP contribution is 2.10. The monoisotopic (exact) mass is 268 g/mol. The first-order chi connectivity index (χ1) is 9.10. The van der Waals surface area contributed by atoms with Crippen LogP contribution in [0, 0.1) is 0 Å². The highest BCUT2D eigenvalue weighted by atomic mass is 16.5. The normalized spacial score (nSPS) is 22.1. The first-order valence-electron chi connectivity index (χ1n) is 6.33. The van der Waals surface area contributed by atoms with Crippen molar-refractivity contribution in [3.05, 3.63) is 12.2 Å². The average Bonchev–Trinajstić information content (AvgIpc) is 2.86. The van der Waals surface area contributed by atoms with Crippen LogP contribution < -0.4 is 5.73 Å². The summed E-state index contributed by atoms with van der Waals surface area (Å²) >= 11 is 0. The molecule has 2 rings (SSSR count). The molecule has 2 heterocycles. The Hall–Kier alpha value is -1.67. The van der Waals surface area contributed by atoms with Crippen molar-refractivity contribution in [1.29, 1.82) is 0 Å². The molecule has 1 atom stereocenters. The lowest BCUT2D eigenvalue weighted by molar-refractivity contribution is -0.0470. The molecule has 19 heavy (non-hydrogen) atoms. The second kappa shape index (κ2) is 5.98. The molecule has 0 spiro atoms. The number of aromatic nitrogens is 3. The van der Waals surface area contributed by atoms with Gasteiger partial charge in [0.1, 0.15) is 6.33 Å². The van der Waals surface area contributed by atoms with Crippen LogP contribution in [0.25, 0.3) is 0 Å². The first-order valence-corrected chi connectivity index (χ1v) is 6.33. The summed E-state index contributed by atoms with van der Waals surface area (Å²) in [4.78, 5) is 6.34. The van der Waals surface area contributed by atoms with Crippen LogP contribution in [0.15, 0.2) is 11.5 Å². The number of hydrogen-bond donors (Lipinski definition) is 2. The molecule has 1 aromatic rings. The molecule has 0 saturated carbocycles. The highest BCUT2D eigenvalue weighted by molar-refractivity contribution is 5.93. The summed E-state index contributed by atoms with van der Waals surface area (Å²) in [6.45, 7) is 7.51. The lowest BCUT2D eigenvalue weighted by Crippen LogP contribution is -2.47. The maximum atomic E-state index is 8.56. The standard InChI is InChI=1S/C11H20N6O2/c1-8(2)16-3-4-19-9(5-16)6-17-7-13-11(14-17)10(12)15-18/h7-9,18H,3-6H2,1-2H3,(H2,12,15). The Morgan fingerprint density at radius 2 is 2.47 bits per heavy atom. The van der Waals surface area contributed by atoms with Gasteiger partial charge in [-0.2, -0.15) is 0 Å². The fourth-order valence-electron chi connectivity index (χ4n) is 2.07. The molecule has 0 radical (unpaired) electrons. The lowest BCUT2D eigenvalue weighted by Gasteiger charge is -2.35. The summed E-state index contributed by atoms with van der Waals surface area (Å²) < 4.78 is 7.37. The van der Waals surface area contributed by atoms with E-state index in [0.29, 0.717) is 12.6 Å². The van der Waals surface area contributed by atoms with E-state index in [1.807, 2.05) is 0 Å². The van der Waals surface area contributed by atoms with Crippen LogP contribution in [0.2, 0.25) is 0 Å². The summed E-state index contributed by atoms with van der Waals surface area (Å²) in [5, 5.41) is 15.6. The molecule has 0 aliphatic carbocycles. The zero-order chi connectivity index (χ0) is 13.8. The van der Waals surface area contributed by atoms with Crippen LogP contribution >= 0.6 is 0 Å². The van der Waals surface area contributed by atoms with Crippen molar-refractivity contribution in [2.45, 2.75) is 32.5 Å². The SMILES string of the molecule is CC(C)N1CCOC(Cn2cnc(C(N)=NO)n2)C1. The molecule has 8 heteroatoms. The zero-order valence-corrected chi connectivity index (χ0v) is 11.2. The number of nitrogens with zero attached hydrogens (tertiary/aromatic N) is 5. The van der Waals surface area contributed by atoms with E-state index in [0.717, 1.165) is 19.7 Å². The van der Waals surface area contributed by atoms with Crippen LogP contribution in [0.1, 0.15) is 19.7 Å². The number of morpholine rings is 1. The van der Waals surface area contributed by atoms with Gasteiger partial charge in [0.2, 0.25) is 11.7 Å². The van der Waals surface area contributed by atoms with E-state index in [2.05, 4.69) is 34.0 Å². The van der Waals surface area contributed by atoms with Gasteiger partial charge in [-0.05, 0) is 13.8 Å². The Labute approximate surface area is 111 Å². The maximum absolute atomic E-state index is 8.56. The number of amidine groups is 1. The Bertz CT molecular complexity index is 444. The van der Waals surface area contributed by atoms with E-state index in [1.165, 1.54) is 0 Å². The fraction of sp³-hybridized carbons (Fsp3) is 0.727. The first kappa shape index (κ1) is 13.8. The quantitative estimate of drug-likeness (QED) is 0.330. The van der Waals surface area contributed by atoms with E-state index in [4.69, 9.17) is 15.7 Å². The molecule has 1 fully saturated rings. The molecule has 1 aliphatic heterocycles. The van der Waals surface area contributed by atoms with E-state index < -0.39 is 0 Å². The Morgan fingerprint density at radius 3 is 3.16 bits per heavy atom. The van der Waals surface area contributed by atoms with Gasteiger partial charge >= 0.3 is 0 Å². The van der Waals surface area contributed by atoms with E-state index in [9.17, 15) is 0 Å². The number of rotatable bonds is 4. The molecule has 1 aromatic heterocycles. The Kier molecular flexibility index (Phi) is 4.33. The lowest BCUT2D eigenvalue weighted by atomic mass is 10.2. The minimum atomic E-state index is -0.0906. The molecular formula is C11H20N6O2. The van der Waals surface area contributed by atoms with Gasteiger partial charge in [-0.15, -0.1) is 5.10 Å². The number of oxime groups is 1. The van der Waals surface area contributed by atoms with Gasteiger partial charge in [0.25, 0.3) is 0 Å². The van der Waals surface area contributed by atoms with Crippen molar-refractivity contribution < 1.29 is 9.94 Å². The zero-order valence-electron chi connectivity index (χ0n) is 11.2. The minimum absolute atomic E-state index is 0.0815. The molecule has 106 valence electrons. The number of ether oxygens (including phenoxy) is 1. The molecule has 3 N–H and O–H groups in total. The summed E-state index contributed by atoms with van der Waals surface area (Å²) in [6, 6.07) is 0.509. The predicted molar refractivity (Wildman–Crippen MR) is 69.0 cm³/mol. The van der Waals surface area contributed by atoms with Gasteiger partial charge in [0, 0.05) is 19.1 Å². The minimum Gasteiger partial charge on any atom is -0.409 e. The van der Waals surface area contributed by atoms with Crippen LogP contribution in [0.5, 0.6) is 0 Å². The van der Waals surface area contributed by atoms with Crippen LogP contribution in [-0.2, 0) is 11.3 Å². The summed E-state index contributed by atoms with van der Waals surface area (Å²) in [6.07, 6.45) is 1.64. The summed E-state index contributed by atoms with van der Waals surface area (Å²) in [5.41, 5.74) is 5.42. The topological polar surface area (TPSA) is 102 Å². The Balaban J connectivity index is 1.95. The molecular weight excluding hydrogens is 248 g/mol. The van der Waals surface area contributed by atoms with Crippen molar-refractivity contribution >= 4 is 5.84 Å². The molecule has 1 saturated heterocycles. The van der Waals surface area contributed by atoms with E-state index in [-0.39, 0.29) is 17.8 Å². The molecule has 1 aliphatic rings. The summed E-state index contributed by atoms with van der Waals surface area (Å²) in [7, 11) is 0. The van der Waals surface area contributed by atoms with Crippen LogP contribution in [0.4, 0.5) is 0 Å². The molecule has 0 aromatic carbocycles. The number of nitrogens with two attached hydrogens (primary N) is 1. The van der Waals surface area contributed by atoms with Gasteiger partial charge in [0.15, 0.2) is 0 Å². The largest absolute Gasteiger partial charge is 0.409 e. The van der Waals surface area contributed by atoms with Gasteiger partial charge in [-0.3, -0.25) is 4.90 Å². The van der Waals surface area contributed by atoms with E-state index >= 15 is 0 Å². The molecule has 8 nitrogen and oxygen atoms in total. The van der Waals surface area contributed by atoms with E-state index in [1.54, 1.807) is 11.0 Å². The third kappa shape index (κ3) is 3.42. The Morgan fingerprint density at radius 1 is 1.68 bits per heavy atom. The molecule has 0 amide bonds. The smallest absolute Gasteiger partial charge is 0.219 e. The van der Waals surface area contributed by atoms with Crippen LogP contribution in [0.3, 0.4) is 0 Å². The average molecular weight is 268 g/mol. The van der Waals surface area contributed by atoms with Gasteiger partial charge in [0.05, 0.1) is 19.3 Å². The van der Waals surface area contributed by atoms with Gasteiger partial charge < -0.3 is 15.7 Å². The second-order valence-corrected chi connectivity index (χ2v) is 4.86. The van der Waals surface area contributed by atoms with Crippen molar-refractivity contribution in [1.82, 2.24) is 19.7 Å².